The number of aromatic nitrogens is 2. The molecule has 82 valence electrons. The average Bonchev–Trinajstić information content (AvgIpc) is 2.85. The first-order valence-electron chi connectivity index (χ1n) is 5.44. The van der Waals surface area contributed by atoms with E-state index in [1.807, 2.05) is 6.20 Å². The summed E-state index contributed by atoms with van der Waals surface area (Å²) in [7, 11) is 0. The van der Waals surface area contributed by atoms with E-state index in [1.165, 1.54) is 15.0 Å². The molecule has 1 aromatic carbocycles. The van der Waals surface area contributed by atoms with Crippen LogP contribution in [0.5, 0.6) is 0 Å². The van der Waals surface area contributed by atoms with Gasteiger partial charge in [0.1, 0.15) is 10.7 Å². The van der Waals surface area contributed by atoms with Crippen LogP contribution in [0.15, 0.2) is 30.5 Å². The van der Waals surface area contributed by atoms with E-state index in [9.17, 15) is 0 Å². The summed E-state index contributed by atoms with van der Waals surface area (Å²) < 4.78 is 3.56. The molecule has 2 aromatic heterocycles. The fourth-order valence-electron chi connectivity index (χ4n) is 1.98. The van der Waals surface area contributed by atoms with E-state index in [4.69, 9.17) is 5.73 Å². The molecule has 0 aliphatic rings. The molecule has 0 saturated carbocycles. The van der Waals surface area contributed by atoms with Gasteiger partial charge in [0, 0.05) is 6.42 Å². The Kier molecular flexibility index (Phi) is 2.38. The van der Waals surface area contributed by atoms with Crippen LogP contribution in [0, 0.1) is 0 Å². The second kappa shape index (κ2) is 3.88. The van der Waals surface area contributed by atoms with E-state index in [0.717, 1.165) is 25.2 Å². The number of nitrogens with zero attached hydrogens (tertiary/aromatic N) is 2. The Bertz CT molecular complexity index is 623. The van der Waals surface area contributed by atoms with Gasteiger partial charge in [-0.3, -0.25) is 4.40 Å². The van der Waals surface area contributed by atoms with E-state index in [2.05, 4.69) is 33.7 Å². The van der Waals surface area contributed by atoms with Gasteiger partial charge >= 0.3 is 0 Å². The summed E-state index contributed by atoms with van der Waals surface area (Å²) >= 11 is 1.79. The Morgan fingerprint density at radius 2 is 2.19 bits per heavy atom. The number of rotatable bonds is 3. The minimum absolute atomic E-state index is 0.719. The summed E-state index contributed by atoms with van der Waals surface area (Å²) in [5.74, 6) is 1.12. The molecule has 2 heterocycles. The normalized spacial score (nSPS) is 11.6. The zero-order valence-corrected chi connectivity index (χ0v) is 9.70. The molecule has 0 aliphatic heterocycles. The van der Waals surface area contributed by atoms with E-state index >= 15 is 0 Å². The van der Waals surface area contributed by atoms with Crippen LogP contribution in [0.25, 0.3) is 15.0 Å². The lowest BCUT2D eigenvalue weighted by Gasteiger charge is -1.98. The number of aryl methyl sites for hydroxylation is 1. The third-order valence-corrected chi connectivity index (χ3v) is 3.79. The molecule has 0 radical (unpaired) electrons. The zero-order chi connectivity index (χ0) is 11.0. The maximum Gasteiger partial charge on any atom is 0.120 e. The van der Waals surface area contributed by atoms with Crippen molar-refractivity contribution in [3.05, 3.63) is 36.3 Å². The van der Waals surface area contributed by atoms with Gasteiger partial charge in [-0.1, -0.05) is 12.1 Å². The fraction of sp³-hybridized carbons (Fsp3) is 0.250. The Morgan fingerprint density at radius 1 is 1.31 bits per heavy atom. The van der Waals surface area contributed by atoms with Crippen molar-refractivity contribution in [2.24, 2.45) is 5.73 Å². The van der Waals surface area contributed by atoms with Crippen LogP contribution in [0.2, 0.25) is 0 Å². The summed E-state index contributed by atoms with van der Waals surface area (Å²) in [6, 6.07) is 8.44. The number of imidazole rings is 1. The molecule has 0 saturated heterocycles. The molecule has 2 N–H and O–H groups in total. The number of fused-ring (bicyclic) bond motifs is 3. The number of thiazole rings is 1. The Labute approximate surface area is 97.5 Å². The number of hydrogen-bond acceptors (Lipinski definition) is 3. The minimum atomic E-state index is 0.719. The molecule has 3 nitrogen and oxygen atoms in total. The van der Waals surface area contributed by atoms with Crippen LogP contribution >= 0.6 is 11.3 Å². The molecule has 0 fully saturated rings. The molecular formula is C12H13N3S. The maximum absolute atomic E-state index is 5.54. The van der Waals surface area contributed by atoms with E-state index in [1.54, 1.807) is 11.3 Å². The number of para-hydroxylation sites is 1. The highest BCUT2D eigenvalue weighted by atomic mass is 32.1. The largest absolute Gasteiger partial charge is 0.330 e. The first-order chi connectivity index (χ1) is 7.90. The highest BCUT2D eigenvalue weighted by Gasteiger charge is 2.09. The van der Waals surface area contributed by atoms with Crippen molar-refractivity contribution in [2.75, 3.05) is 6.54 Å². The number of hydrogen-bond donors (Lipinski definition) is 1. The fourth-order valence-corrected chi connectivity index (χ4v) is 3.02. The van der Waals surface area contributed by atoms with Gasteiger partial charge in [-0.2, -0.15) is 0 Å². The summed E-state index contributed by atoms with van der Waals surface area (Å²) in [5.41, 5.74) is 6.80. The van der Waals surface area contributed by atoms with Gasteiger partial charge in [0.2, 0.25) is 0 Å². The topological polar surface area (TPSA) is 43.3 Å². The lowest BCUT2D eigenvalue weighted by molar-refractivity contribution is 0.784. The molecule has 0 amide bonds. The van der Waals surface area contributed by atoms with Gasteiger partial charge in [0.25, 0.3) is 0 Å². The van der Waals surface area contributed by atoms with Crippen LogP contribution in [0.4, 0.5) is 0 Å². The third-order valence-electron chi connectivity index (χ3n) is 2.73. The summed E-state index contributed by atoms with van der Waals surface area (Å²) in [5, 5.41) is 0. The summed E-state index contributed by atoms with van der Waals surface area (Å²) in [6.07, 6.45) is 3.89. The molecule has 0 aliphatic carbocycles. The van der Waals surface area contributed by atoms with Gasteiger partial charge in [-0.15, -0.1) is 11.3 Å². The van der Waals surface area contributed by atoms with Crippen molar-refractivity contribution in [2.45, 2.75) is 12.8 Å². The number of nitrogens with two attached hydrogens (primary N) is 1. The van der Waals surface area contributed by atoms with Crippen LogP contribution in [-0.2, 0) is 6.42 Å². The smallest absolute Gasteiger partial charge is 0.120 e. The second-order valence-corrected chi connectivity index (χ2v) is 4.87. The van der Waals surface area contributed by atoms with Crippen molar-refractivity contribution < 1.29 is 0 Å². The second-order valence-electron chi connectivity index (χ2n) is 3.81. The van der Waals surface area contributed by atoms with E-state index in [-0.39, 0.29) is 0 Å². The number of benzene rings is 1. The quantitative estimate of drug-likeness (QED) is 0.752. The summed E-state index contributed by atoms with van der Waals surface area (Å²) in [4.78, 5) is 5.68. The van der Waals surface area contributed by atoms with Gasteiger partial charge in [-0.25, -0.2) is 4.98 Å². The molecule has 0 bridgehead atoms. The highest BCUT2D eigenvalue weighted by Crippen LogP contribution is 2.27. The molecule has 3 aromatic rings. The van der Waals surface area contributed by atoms with Gasteiger partial charge in [0.05, 0.1) is 16.4 Å². The zero-order valence-electron chi connectivity index (χ0n) is 8.89. The molecule has 0 unspecified atom stereocenters. The Hall–Kier alpha value is -1.39. The van der Waals surface area contributed by atoms with Gasteiger partial charge in [0.15, 0.2) is 0 Å². The van der Waals surface area contributed by atoms with Crippen LogP contribution in [-0.4, -0.2) is 15.9 Å². The maximum atomic E-state index is 5.54. The predicted octanol–water partition coefficient (Wildman–Crippen LogP) is 2.44. The standard InChI is InChI=1S/C12H13N3S/c13-7-3-6-11-14-8-12-15(11)9-4-1-2-5-10(9)16-12/h1-2,4-5,8H,3,6-7,13H2. The lowest BCUT2D eigenvalue weighted by atomic mass is 10.3. The van der Waals surface area contributed by atoms with E-state index < -0.39 is 0 Å². The van der Waals surface area contributed by atoms with Crippen LogP contribution in [0.1, 0.15) is 12.2 Å². The summed E-state index contributed by atoms with van der Waals surface area (Å²) in [6.45, 7) is 0.719. The van der Waals surface area contributed by atoms with Gasteiger partial charge in [-0.05, 0) is 25.1 Å². The van der Waals surface area contributed by atoms with Crippen molar-refractivity contribution in [3.63, 3.8) is 0 Å². The first kappa shape index (κ1) is 9.81. The molecule has 3 rings (SSSR count). The Balaban J connectivity index is 2.22. The first-order valence-corrected chi connectivity index (χ1v) is 6.26. The SMILES string of the molecule is NCCCc1ncc2sc3ccccc3n12. The molecular weight excluding hydrogens is 218 g/mol. The van der Waals surface area contributed by atoms with E-state index in [0.29, 0.717) is 0 Å². The Morgan fingerprint density at radius 3 is 3.06 bits per heavy atom. The van der Waals surface area contributed by atoms with Gasteiger partial charge < -0.3 is 5.73 Å². The van der Waals surface area contributed by atoms with Crippen molar-refractivity contribution in [1.82, 2.24) is 9.38 Å². The molecule has 0 spiro atoms. The molecule has 4 heteroatoms. The average molecular weight is 231 g/mol. The van der Waals surface area contributed by atoms with Crippen molar-refractivity contribution in [1.29, 1.82) is 0 Å². The van der Waals surface area contributed by atoms with Crippen molar-refractivity contribution in [3.8, 4) is 0 Å². The van der Waals surface area contributed by atoms with Crippen molar-refractivity contribution >= 4 is 26.4 Å². The third kappa shape index (κ3) is 1.42. The predicted molar refractivity (Wildman–Crippen MR) is 68.0 cm³/mol. The van der Waals surface area contributed by atoms with Crippen LogP contribution < -0.4 is 5.73 Å². The van der Waals surface area contributed by atoms with Crippen LogP contribution in [0.3, 0.4) is 0 Å². The molecule has 0 atom stereocenters. The highest BCUT2D eigenvalue weighted by molar-refractivity contribution is 7.23. The monoisotopic (exact) mass is 231 g/mol. The lowest BCUT2D eigenvalue weighted by Crippen LogP contribution is -2.02. The molecule has 16 heavy (non-hydrogen) atoms. The minimum Gasteiger partial charge on any atom is -0.330 e.